The van der Waals surface area contributed by atoms with Gasteiger partial charge in [0.05, 0.1) is 5.39 Å². The van der Waals surface area contributed by atoms with Gasteiger partial charge >= 0.3 is 0 Å². The molecule has 0 saturated carbocycles. The van der Waals surface area contributed by atoms with Gasteiger partial charge in [-0.3, -0.25) is 4.79 Å². The molecule has 0 bridgehead atoms. The van der Waals surface area contributed by atoms with E-state index in [-0.39, 0.29) is 5.43 Å². The molecular formula is C19H18BrNO2. The summed E-state index contributed by atoms with van der Waals surface area (Å²) in [5, 5.41) is 3.85. The van der Waals surface area contributed by atoms with Gasteiger partial charge in [0.25, 0.3) is 0 Å². The largest absolute Gasteiger partial charge is 0.454 e. The molecular weight excluding hydrogens is 354 g/mol. The van der Waals surface area contributed by atoms with Gasteiger partial charge in [-0.2, -0.15) is 0 Å². The van der Waals surface area contributed by atoms with Crippen LogP contribution in [0.3, 0.4) is 0 Å². The Labute approximate surface area is 143 Å². The summed E-state index contributed by atoms with van der Waals surface area (Å²) >= 11 is 3.42. The third-order valence-electron chi connectivity index (χ3n) is 3.72. The highest BCUT2D eigenvalue weighted by Gasteiger charge is 2.15. The van der Waals surface area contributed by atoms with Crippen LogP contribution in [0.5, 0.6) is 0 Å². The summed E-state index contributed by atoms with van der Waals surface area (Å²) in [6, 6.07) is 15.2. The minimum Gasteiger partial charge on any atom is -0.454 e. The average Bonchev–Trinajstić information content (AvgIpc) is 2.58. The predicted molar refractivity (Wildman–Crippen MR) is 99.0 cm³/mol. The SMILES string of the molecule is CCCCNc1c(-c2ccccc2)oc2ccc(Br)cc2c1=O. The lowest BCUT2D eigenvalue weighted by atomic mass is 10.1. The quantitative estimate of drug-likeness (QED) is 0.607. The van der Waals surface area contributed by atoms with E-state index >= 15 is 0 Å². The fraction of sp³-hybridized carbons (Fsp3) is 0.211. The number of hydrogen-bond donors (Lipinski definition) is 1. The number of hydrogen-bond acceptors (Lipinski definition) is 3. The van der Waals surface area contributed by atoms with E-state index in [9.17, 15) is 4.79 Å². The molecule has 3 rings (SSSR count). The maximum atomic E-state index is 12.9. The standard InChI is InChI=1S/C19H18BrNO2/c1-2-3-11-21-17-18(22)15-12-14(20)9-10-16(15)23-19(17)13-7-5-4-6-8-13/h4-10,12,21H,2-3,11H2,1H3. The molecule has 0 amide bonds. The number of fused-ring (bicyclic) bond motifs is 1. The smallest absolute Gasteiger partial charge is 0.216 e. The molecule has 1 N–H and O–H groups in total. The summed E-state index contributed by atoms with van der Waals surface area (Å²) in [6.07, 6.45) is 2.07. The molecule has 2 aromatic carbocycles. The highest BCUT2D eigenvalue weighted by molar-refractivity contribution is 9.10. The highest BCUT2D eigenvalue weighted by atomic mass is 79.9. The Balaban J connectivity index is 2.21. The number of nitrogens with one attached hydrogen (secondary N) is 1. The molecule has 0 aliphatic carbocycles. The fourth-order valence-corrected chi connectivity index (χ4v) is 2.87. The molecule has 118 valence electrons. The van der Waals surface area contributed by atoms with Gasteiger partial charge in [0.15, 0.2) is 5.76 Å². The highest BCUT2D eigenvalue weighted by Crippen LogP contribution is 2.30. The lowest BCUT2D eigenvalue weighted by Gasteiger charge is -2.12. The minimum atomic E-state index is -0.0255. The van der Waals surface area contributed by atoms with Crippen LogP contribution in [0.1, 0.15) is 19.8 Å². The molecule has 0 aliphatic heterocycles. The van der Waals surface area contributed by atoms with E-state index in [1.807, 2.05) is 42.5 Å². The molecule has 0 radical (unpaired) electrons. The molecule has 3 nitrogen and oxygen atoms in total. The molecule has 4 heteroatoms. The first-order valence-electron chi connectivity index (χ1n) is 7.76. The van der Waals surface area contributed by atoms with Crippen molar-refractivity contribution in [2.75, 3.05) is 11.9 Å². The van der Waals surface area contributed by atoms with Gasteiger partial charge in [0.1, 0.15) is 11.3 Å². The summed E-state index contributed by atoms with van der Waals surface area (Å²) in [5.74, 6) is 0.599. The van der Waals surface area contributed by atoms with Crippen molar-refractivity contribution in [1.29, 1.82) is 0 Å². The molecule has 0 spiro atoms. The second kappa shape index (κ2) is 7.01. The molecule has 0 saturated heterocycles. The van der Waals surface area contributed by atoms with Gasteiger partial charge in [0, 0.05) is 16.6 Å². The molecule has 0 fully saturated rings. The van der Waals surface area contributed by atoms with Crippen LogP contribution in [0.25, 0.3) is 22.3 Å². The van der Waals surface area contributed by atoms with Crippen molar-refractivity contribution < 1.29 is 4.42 Å². The fourth-order valence-electron chi connectivity index (χ4n) is 2.51. The van der Waals surface area contributed by atoms with Crippen molar-refractivity contribution in [1.82, 2.24) is 0 Å². The molecule has 0 aliphatic rings. The van der Waals surface area contributed by atoms with Crippen molar-refractivity contribution in [3.8, 4) is 11.3 Å². The first-order valence-corrected chi connectivity index (χ1v) is 8.55. The van der Waals surface area contributed by atoms with Crippen LogP contribution in [-0.4, -0.2) is 6.54 Å². The number of rotatable bonds is 5. The summed E-state index contributed by atoms with van der Waals surface area (Å²) in [7, 11) is 0. The Morgan fingerprint density at radius 1 is 1.13 bits per heavy atom. The molecule has 1 heterocycles. The third kappa shape index (κ3) is 3.32. The van der Waals surface area contributed by atoms with Crippen molar-refractivity contribution in [3.05, 3.63) is 63.2 Å². The van der Waals surface area contributed by atoms with E-state index in [1.165, 1.54) is 0 Å². The van der Waals surface area contributed by atoms with Crippen LogP contribution >= 0.6 is 15.9 Å². The third-order valence-corrected chi connectivity index (χ3v) is 4.21. The van der Waals surface area contributed by atoms with E-state index in [1.54, 1.807) is 6.07 Å². The van der Waals surface area contributed by atoms with Gasteiger partial charge in [-0.15, -0.1) is 0 Å². The second-order valence-electron chi connectivity index (χ2n) is 5.42. The van der Waals surface area contributed by atoms with E-state index in [0.717, 1.165) is 29.4 Å². The van der Waals surface area contributed by atoms with Crippen LogP contribution in [-0.2, 0) is 0 Å². The summed E-state index contributed by atoms with van der Waals surface area (Å²) in [4.78, 5) is 12.9. The number of anilines is 1. The van der Waals surface area contributed by atoms with Gasteiger partial charge in [-0.1, -0.05) is 59.6 Å². The monoisotopic (exact) mass is 371 g/mol. The van der Waals surface area contributed by atoms with Gasteiger partial charge < -0.3 is 9.73 Å². The Bertz CT molecular complexity index is 872. The van der Waals surface area contributed by atoms with Gasteiger partial charge in [-0.25, -0.2) is 0 Å². The minimum absolute atomic E-state index is 0.0255. The van der Waals surface area contributed by atoms with Crippen molar-refractivity contribution in [2.24, 2.45) is 0 Å². The maximum absolute atomic E-state index is 12.9. The van der Waals surface area contributed by atoms with Crippen LogP contribution in [0.4, 0.5) is 5.69 Å². The van der Waals surface area contributed by atoms with E-state index in [4.69, 9.17) is 4.42 Å². The Morgan fingerprint density at radius 3 is 2.65 bits per heavy atom. The van der Waals surface area contributed by atoms with Gasteiger partial charge in [-0.05, 0) is 24.6 Å². The average molecular weight is 372 g/mol. The second-order valence-corrected chi connectivity index (χ2v) is 6.34. The Morgan fingerprint density at radius 2 is 1.91 bits per heavy atom. The normalized spacial score (nSPS) is 10.9. The summed E-state index contributed by atoms with van der Waals surface area (Å²) in [6.45, 7) is 2.88. The lowest BCUT2D eigenvalue weighted by molar-refractivity contribution is 0.619. The summed E-state index contributed by atoms with van der Waals surface area (Å²) < 4.78 is 6.93. The molecule has 0 atom stereocenters. The van der Waals surface area contributed by atoms with Crippen LogP contribution < -0.4 is 10.7 Å². The first kappa shape index (κ1) is 15.8. The summed E-state index contributed by atoms with van der Waals surface area (Å²) in [5.41, 5.74) is 2.00. The topological polar surface area (TPSA) is 42.2 Å². The van der Waals surface area contributed by atoms with Crippen molar-refractivity contribution in [3.63, 3.8) is 0 Å². The zero-order chi connectivity index (χ0) is 16.2. The van der Waals surface area contributed by atoms with E-state index in [0.29, 0.717) is 22.4 Å². The molecule has 1 aromatic heterocycles. The van der Waals surface area contributed by atoms with Crippen molar-refractivity contribution >= 4 is 32.6 Å². The predicted octanol–water partition coefficient (Wildman–Crippen LogP) is 5.43. The first-order chi connectivity index (χ1) is 11.2. The van der Waals surface area contributed by atoms with Crippen molar-refractivity contribution in [2.45, 2.75) is 19.8 Å². The van der Waals surface area contributed by atoms with Crippen LogP contribution in [0.2, 0.25) is 0 Å². The van der Waals surface area contributed by atoms with Crippen LogP contribution in [0, 0.1) is 0 Å². The molecule has 3 aromatic rings. The zero-order valence-electron chi connectivity index (χ0n) is 12.9. The van der Waals surface area contributed by atoms with Crippen LogP contribution in [0.15, 0.2) is 62.2 Å². The molecule has 23 heavy (non-hydrogen) atoms. The maximum Gasteiger partial charge on any atom is 0.216 e. The van der Waals surface area contributed by atoms with E-state index < -0.39 is 0 Å². The Kier molecular flexibility index (Phi) is 4.82. The number of halogens is 1. The lowest BCUT2D eigenvalue weighted by Crippen LogP contribution is -2.14. The van der Waals surface area contributed by atoms with E-state index in [2.05, 4.69) is 28.2 Å². The van der Waals surface area contributed by atoms with Gasteiger partial charge in [0.2, 0.25) is 5.43 Å². The Hall–Kier alpha value is -2.07. The zero-order valence-corrected chi connectivity index (χ0v) is 14.5. The number of benzene rings is 2. The molecule has 0 unspecified atom stereocenters. The number of unbranched alkanes of at least 4 members (excludes halogenated alkanes) is 1.